The molecule has 1 fully saturated rings. The Bertz CT molecular complexity index is 1310. The number of hydrogen-bond acceptors (Lipinski definition) is 6. The monoisotopic (exact) mass is 418 g/mol. The highest BCUT2D eigenvalue weighted by molar-refractivity contribution is 6.07. The molecule has 5 rings (SSSR count). The molecule has 1 unspecified atom stereocenters. The van der Waals surface area contributed by atoms with E-state index >= 15 is 0 Å². The van der Waals surface area contributed by atoms with E-state index in [1.807, 2.05) is 0 Å². The standard InChI is InChI=1S/C21H15FN6O3/c1-21(19(29)24-20(30)25-21)13-4-2-3-12(11-13)17-23-18(31-27-17)16-9-10-28(26-16)15-7-5-14(22)6-8-15/h2-11H,1H3,(H2,24,25,29,30). The van der Waals surface area contributed by atoms with E-state index in [1.54, 1.807) is 60.3 Å². The Labute approximate surface area is 174 Å². The highest BCUT2D eigenvalue weighted by Crippen LogP contribution is 2.28. The van der Waals surface area contributed by atoms with Gasteiger partial charge in [-0.05, 0) is 48.9 Å². The number of amides is 3. The molecule has 2 aromatic carbocycles. The van der Waals surface area contributed by atoms with Crippen molar-refractivity contribution >= 4 is 11.9 Å². The van der Waals surface area contributed by atoms with Crippen molar-refractivity contribution in [3.05, 3.63) is 72.2 Å². The summed E-state index contributed by atoms with van der Waals surface area (Å²) >= 11 is 0. The molecule has 1 saturated heterocycles. The van der Waals surface area contributed by atoms with Crippen molar-refractivity contribution in [3.8, 4) is 28.7 Å². The van der Waals surface area contributed by atoms with Gasteiger partial charge in [-0.3, -0.25) is 10.1 Å². The molecular weight excluding hydrogens is 403 g/mol. The summed E-state index contributed by atoms with van der Waals surface area (Å²) in [7, 11) is 0. The summed E-state index contributed by atoms with van der Waals surface area (Å²) in [5, 5.41) is 13.3. The number of aromatic nitrogens is 4. The van der Waals surface area contributed by atoms with Gasteiger partial charge in [-0.1, -0.05) is 23.4 Å². The van der Waals surface area contributed by atoms with E-state index in [0.29, 0.717) is 28.3 Å². The molecule has 31 heavy (non-hydrogen) atoms. The van der Waals surface area contributed by atoms with Gasteiger partial charge in [0.2, 0.25) is 5.82 Å². The van der Waals surface area contributed by atoms with Crippen molar-refractivity contribution in [2.45, 2.75) is 12.5 Å². The van der Waals surface area contributed by atoms with E-state index in [-0.39, 0.29) is 11.7 Å². The molecule has 0 spiro atoms. The summed E-state index contributed by atoms with van der Waals surface area (Å²) < 4.78 is 20.0. The van der Waals surface area contributed by atoms with Gasteiger partial charge in [0.15, 0.2) is 5.69 Å². The second kappa shape index (κ2) is 6.87. The van der Waals surface area contributed by atoms with Gasteiger partial charge in [0.1, 0.15) is 11.4 Å². The van der Waals surface area contributed by atoms with Gasteiger partial charge in [0.05, 0.1) is 5.69 Å². The second-order valence-electron chi connectivity index (χ2n) is 7.16. The lowest BCUT2D eigenvalue weighted by Crippen LogP contribution is -2.40. The molecule has 9 nitrogen and oxygen atoms in total. The fraction of sp³-hybridized carbons (Fsp3) is 0.0952. The number of halogens is 1. The summed E-state index contributed by atoms with van der Waals surface area (Å²) in [4.78, 5) is 28.2. The fourth-order valence-electron chi connectivity index (χ4n) is 3.34. The molecule has 2 N–H and O–H groups in total. The van der Waals surface area contributed by atoms with Crippen molar-refractivity contribution in [1.29, 1.82) is 0 Å². The van der Waals surface area contributed by atoms with Gasteiger partial charge in [-0.25, -0.2) is 13.9 Å². The highest BCUT2D eigenvalue weighted by Gasteiger charge is 2.43. The number of hydrogen-bond donors (Lipinski definition) is 2. The van der Waals surface area contributed by atoms with E-state index in [2.05, 4.69) is 25.9 Å². The fourth-order valence-corrected chi connectivity index (χ4v) is 3.34. The number of urea groups is 1. The van der Waals surface area contributed by atoms with E-state index in [0.717, 1.165) is 0 Å². The van der Waals surface area contributed by atoms with E-state index in [4.69, 9.17) is 4.52 Å². The van der Waals surface area contributed by atoms with Crippen LogP contribution in [0.3, 0.4) is 0 Å². The Morgan fingerprint density at radius 1 is 1.10 bits per heavy atom. The normalized spacial score (nSPS) is 18.1. The lowest BCUT2D eigenvalue weighted by atomic mass is 9.91. The van der Waals surface area contributed by atoms with Gasteiger partial charge < -0.3 is 9.84 Å². The highest BCUT2D eigenvalue weighted by atomic mass is 19.1. The first-order chi connectivity index (χ1) is 14.9. The van der Waals surface area contributed by atoms with Crippen LogP contribution in [0.15, 0.2) is 65.3 Å². The van der Waals surface area contributed by atoms with Crippen molar-refractivity contribution in [2.24, 2.45) is 0 Å². The Morgan fingerprint density at radius 2 is 1.90 bits per heavy atom. The van der Waals surface area contributed by atoms with Crippen molar-refractivity contribution in [3.63, 3.8) is 0 Å². The third kappa shape index (κ3) is 3.23. The summed E-state index contributed by atoms with van der Waals surface area (Å²) in [6.07, 6.45) is 1.70. The zero-order chi connectivity index (χ0) is 21.6. The summed E-state index contributed by atoms with van der Waals surface area (Å²) in [6, 6.07) is 14.0. The van der Waals surface area contributed by atoms with Gasteiger partial charge in [0, 0.05) is 11.8 Å². The van der Waals surface area contributed by atoms with E-state index in [9.17, 15) is 14.0 Å². The molecule has 10 heteroatoms. The van der Waals surface area contributed by atoms with Crippen LogP contribution in [0.5, 0.6) is 0 Å². The third-order valence-corrected chi connectivity index (χ3v) is 5.07. The van der Waals surface area contributed by atoms with Crippen LogP contribution < -0.4 is 10.6 Å². The van der Waals surface area contributed by atoms with Crippen molar-refractivity contribution in [1.82, 2.24) is 30.6 Å². The Kier molecular flexibility index (Phi) is 4.14. The van der Waals surface area contributed by atoms with Crippen molar-refractivity contribution < 1.29 is 18.5 Å². The van der Waals surface area contributed by atoms with Gasteiger partial charge >= 0.3 is 6.03 Å². The molecule has 1 atom stereocenters. The molecule has 2 aromatic heterocycles. The minimum absolute atomic E-state index is 0.208. The number of nitrogens with one attached hydrogen (secondary N) is 2. The SMILES string of the molecule is CC1(c2cccc(-c3noc(-c4ccn(-c5ccc(F)cc5)n4)n3)c2)NC(=O)NC1=O. The molecule has 0 aliphatic carbocycles. The number of imide groups is 1. The number of rotatable bonds is 4. The molecule has 3 amide bonds. The predicted octanol–water partition coefficient (Wildman–Crippen LogP) is 2.78. The maximum Gasteiger partial charge on any atom is 0.322 e. The first-order valence-corrected chi connectivity index (χ1v) is 9.32. The molecule has 154 valence electrons. The maximum absolute atomic E-state index is 13.1. The van der Waals surface area contributed by atoms with Crippen LogP contribution in [0.25, 0.3) is 28.7 Å². The predicted molar refractivity (Wildman–Crippen MR) is 106 cm³/mol. The third-order valence-electron chi connectivity index (χ3n) is 5.07. The quantitative estimate of drug-likeness (QED) is 0.493. The molecule has 4 aromatic rings. The lowest BCUT2D eigenvalue weighted by molar-refractivity contribution is -0.123. The average molecular weight is 418 g/mol. The van der Waals surface area contributed by atoms with Crippen LogP contribution in [-0.4, -0.2) is 31.9 Å². The zero-order valence-electron chi connectivity index (χ0n) is 16.2. The number of carbonyl (C=O) groups excluding carboxylic acids is 2. The van der Waals surface area contributed by atoms with E-state index < -0.39 is 17.5 Å². The number of carbonyl (C=O) groups is 2. The first kappa shape index (κ1) is 18.7. The maximum atomic E-state index is 13.1. The van der Waals surface area contributed by atoms with Crippen LogP contribution in [0, 0.1) is 5.82 Å². The smallest absolute Gasteiger partial charge is 0.322 e. The summed E-state index contributed by atoms with van der Waals surface area (Å²) in [6.45, 7) is 1.62. The Hall–Kier alpha value is -4.34. The second-order valence-corrected chi connectivity index (χ2v) is 7.16. The first-order valence-electron chi connectivity index (χ1n) is 9.32. The molecule has 0 bridgehead atoms. The lowest BCUT2D eigenvalue weighted by Gasteiger charge is -2.21. The Morgan fingerprint density at radius 3 is 2.65 bits per heavy atom. The average Bonchev–Trinajstić information content (AvgIpc) is 3.48. The summed E-state index contributed by atoms with van der Waals surface area (Å²) in [5.74, 6) is -0.251. The molecule has 0 saturated carbocycles. The Balaban J connectivity index is 1.44. The minimum Gasteiger partial charge on any atom is -0.332 e. The van der Waals surface area contributed by atoms with Crippen LogP contribution >= 0.6 is 0 Å². The van der Waals surface area contributed by atoms with Crippen molar-refractivity contribution in [2.75, 3.05) is 0 Å². The van der Waals surface area contributed by atoms with E-state index in [1.165, 1.54) is 12.1 Å². The van der Waals surface area contributed by atoms with Gasteiger partial charge in [0.25, 0.3) is 11.8 Å². The van der Waals surface area contributed by atoms with Crippen LogP contribution in [0.4, 0.5) is 9.18 Å². The molecule has 0 radical (unpaired) electrons. The minimum atomic E-state index is -1.19. The topological polar surface area (TPSA) is 115 Å². The largest absolute Gasteiger partial charge is 0.332 e. The van der Waals surface area contributed by atoms with Crippen LogP contribution in [0.1, 0.15) is 12.5 Å². The summed E-state index contributed by atoms with van der Waals surface area (Å²) in [5.41, 5.74) is 1.15. The molecule has 3 heterocycles. The number of benzene rings is 2. The van der Waals surface area contributed by atoms with Gasteiger partial charge in [-0.2, -0.15) is 10.1 Å². The van der Waals surface area contributed by atoms with Crippen LogP contribution in [0.2, 0.25) is 0 Å². The number of nitrogens with zero attached hydrogens (tertiary/aromatic N) is 4. The molecule has 1 aliphatic heterocycles. The molecule has 1 aliphatic rings. The zero-order valence-corrected chi connectivity index (χ0v) is 16.2. The molecular formula is C21H15FN6O3. The van der Waals surface area contributed by atoms with Gasteiger partial charge in [-0.15, -0.1) is 0 Å². The van der Waals surface area contributed by atoms with Crippen LogP contribution in [-0.2, 0) is 10.3 Å².